The van der Waals surface area contributed by atoms with Crippen molar-refractivity contribution < 1.29 is 13.2 Å². The number of carbonyl (C=O) groups is 1. The minimum absolute atomic E-state index is 0.0926. The molecule has 0 aliphatic heterocycles. The minimum Gasteiger partial charge on any atom is -0.399 e. The lowest BCUT2D eigenvalue weighted by Crippen LogP contribution is -2.37. The van der Waals surface area contributed by atoms with Gasteiger partial charge in [-0.1, -0.05) is 13.8 Å². The van der Waals surface area contributed by atoms with E-state index in [1.807, 2.05) is 13.8 Å². The van der Waals surface area contributed by atoms with Crippen LogP contribution in [0, 0.1) is 5.92 Å². The van der Waals surface area contributed by atoms with Crippen molar-refractivity contribution in [2.24, 2.45) is 16.8 Å². The molecule has 0 spiro atoms. The maximum Gasteiger partial charge on any atom is 0.240 e. The van der Waals surface area contributed by atoms with E-state index in [9.17, 15) is 13.2 Å². The Balaban J connectivity index is 3.35. The van der Waals surface area contributed by atoms with Crippen molar-refractivity contribution in [1.82, 2.24) is 0 Å². The predicted octanol–water partition coefficient (Wildman–Crippen LogP) is -0.136. The molecule has 0 radical (unpaired) electrons. The summed E-state index contributed by atoms with van der Waals surface area (Å²) in [6.45, 7) is 4.27. The molecule has 1 amide bonds. The molecule has 6 N–H and O–H groups in total. The van der Waals surface area contributed by atoms with Crippen molar-refractivity contribution in [3.8, 4) is 0 Å². The van der Waals surface area contributed by atoms with E-state index in [0.29, 0.717) is 12.2 Å². The van der Waals surface area contributed by atoms with E-state index in [1.54, 1.807) is 11.0 Å². The third kappa shape index (κ3) is 4.39. The Hall–Kier alpha value is -1.80. The van der Waals surface area contributed by atoms with Crippen LogP contribution >= 0.6 is 0 Å². The largest absolute Gasteiger partial charge is 0.399 e. The van der Waals surface area contributed by atoms with Crippen LogP contribution in [-0.4, -0.2) is 27.4 Å². The number of primary amides is 1. The molecule has 0 aromatic heterocycles. The smallest absolute Gasteiger partial charge is 0.240 e. The molecule has 0 heterocycles. The fraction of sp³-hybridized carbons (Fsp3) is 0.417. The molecule has 7 nitrogen and oxygen atoms in total. The quantitative estimate of drug-likeness (QED) is 0.629. The molecule has 0 bridgehead atoms. The van der Waals surface area contributed by atoms with Gasteiger partial charge < -0.3 is 16.4 Å². The van der Waals surface area contributed by atoms with Gasteiger partial charge in [-0.3, -0.25) is 4.79 Å². The van der Waals surface area contributed by atoms with Gasteiger partial charge in [-0.05, 0) is 24.1 Å². The fourth-order valence-corrected chi connectivity index (χ4v) is 2.69. The van der Waals surface area contributed by atoms with Gasteiger partial charge >= 0.3 is 0 Å². The van der Waals surface area contributed by atoms with Crippen molar-refractivity contribution in [2.75, 3.05) is 23.7 Å². The maximum atomic E-state index is 11.7. The third-order valence-corrected chi connectivity index (χ3v) is 3.50. The Morgan fingerprint density at radius 2 is 1.95 bits per heavy atom. The second-order valence-electron chi connectivity index (χ2n) is 5.01. The Morgan fingerprint density at radius 1 is 1.35 bits per heavy atom. The molecule has 0 unspecified atom stereocenters. The van der Waals surface area contributed by atoms with Crippen molar-refractivity contribution in [3.63, 3.8) is 0 Å². The lowest BCUT2D eigenvalue weighted by atomic mass is 10.1. The molecule has 0 aliphatic carbocycles. The SMILES string of the molecule is CC(C)CN(CC(N)=O)c1ccc(N)cc1S(N)(=O)=O. The summed E-state index contributed by atoms with van der Waals surface area (Å²) in [4.78, 5) is 12.6. The molecule has 0 aliphatic rings. The molecule has 20 heavy (non-hydrogen) atoms. The van der Waals surface area contributed by atoms with E-state index < -0.39 is 15.9 Å². The van der Waals surface area contributed by atoms with E-state index in [-0.39, 0.29) is 23.0 Å². The van der Waals surface area contributed by atoms with Crippen LogP contribution in [0.4, 0.5) is 11.4 Å². The van der Waals surface area contributed by atoms with E-state index >= 15 is 0 Å². The van der Waals surface area contributed by atoms with Gasteiger partial charge in [0.2, 0.25) is 15.9 Å². The van der Waals surface area contributed by atoms with E-state index in [2.05, 4.69) is 0 Å². The molecule has 0 saturated heterocycles. The first kappa shape index (κ1) is 16.3. The van der Waals surface area contributed by atoms with Gasteiger partial charge in [-0.2, -0.15) is 0 Å². The zero-order valence-corrected chi connectivity index (χ0v) is 12.4. The molecule has 112 valence electrons. The normalized spacial score (nSPS) is 11.6. The Kier molecular flexibility index (Phi) is 4.96. The number of carbonyl (C=O) groups excluding carboxylic acids is 1. The first-order valence-electron chi connectivity index (χ1n) is 6.07. The van der Waals surface area contributed by atoms with E-state index in [4.69, 9.17) is 16.6 Å². The molecule has 8 heteroatoms. The van der Waals surface area contributed by atoms with E-state index in [1.165, 1.54) is 12.1 Å². The van der Waals surface area contributed by atoms with E-state index in [0.717, 1.165) is 0 Å². The van der Waals surface area contributed by atoms with Crippen LogP contribution in [0.5, 0.6) is 0 Å². The number of nitrogens with two attached hydrogens (primary N) is 3. The summed E-state index contributed by atoms with van der Waals surface area (Å²) in [5.74, 6) is -0.344. The third-order valence-electron chi connectivity index (χ3n) is 2.56. The fourth-order valence-electron chi connectivity index (χ4n) is 1.90. The monoisotopic (exact) mass is 300 g/mol. The van der Waals surface area contributed by atoms with Crippen LogP contribution in [0.1, 0.15) is 13.8 Å². The average molecular weight is 300 g/mol. The van der Waals surface area contributed by atoms with Gasteiger partial charge in [0, 0.05) is 12.2 Å². The van der Waals surface area contributed by atoms with Crippen molar-refractivity contribution in [3.05, 3.63) is 18.2 Å². The van der Waals surface area contributed by atoms with Crippen LogP contribution in [-0.2, 0) is 14.8 Å². The Bertz CT molecular complexity index is 599. The molecule has 0 fully saturated rings. The molecule has 1 aromatic carbocycles. The number of sulfonamides is 1. The van der Waals surface area contributed by atoms with Gasteiger partial charge in [0.15, 0.2) is 0 Å². The Labute approximate surface area is 118 Å². The number of primary sulfonamides is 1. The highest BCUT2D eigenvalue weighted by molar-refractivity contribution is 7.89. The summed E-state index contributed by atoms with van der Waals surface area (Å²) in [6, 6.07) is 4.36. The zero-order chi connectivity index (χ0) is 15.5. The van der Waals surface area contributed by atoms with Crippen LogP contribution in [0.2, 0.25) is 0 Å². The summed E-state index contributed by atoms with van der Waals surface area (Å²) in [5.41, 5.74) is 11.4. The number of nitrogens with zero attached hydrogens (tertiary/aromatic N) is 1. The molecular formula is C12H20N4O3S. The predicted molar refractivity (Wildman–Crippen MR) is 78.5 cm³/mol. The van der Waals surface area contributed by atoms with Crippen LogP contribution < -0.4 is 21.5 Å². The number of hydrogen-bond donors (Lipinski definition) is 3. The maximum absolute atomic E-state index is 11.7. The number of hydrogen-bond acceptors (Lipinski definition) is 5. The van der Waals surface area contributed by atoms with Crippen molar-refractivity contribution >= 4 is 27.3 Å². The summed E-state index contributed by atoms with van der Waals surface area (Å²) >= 11 is 0. The second-order valence-corrected chi connectivity index (χ2v) is 6.54. The summed E-state index contributed by atoms with van der Waals surface area (Å²) in [5, 5.41) is 5.20. The molecule has 0 saturated carbocycles. The second kappa shape index (κ2) is 6.10. The highest BCUT2D eigenvalue weighted by atomic mass is 32.2. The summed E-state index contributed by atoms with van der Waals surface area (Å²) in [6.07, 6.45) is 0. The van der Waals surface area contributed by atoms with Crippen molar-refractivity contribution in [1.29, 1.82) is 0 Å². The lowest BCUT2D eigenvalue weighted by molar-refractivity contribution is -0.116. The average Bonchev–Trinajstić information content (AvgIpc) is 2.25. The molecule has 1 aromatic rings. The topological polar surface area (TPSA) is 133 Å². The lowest BCUT2D eigenvalue weighted by Gasteiger charge is -2.27. The minimum atomic E-state index is -3.95. The zero-order valence-electron chi connectivity index (χ0n) is 11.5. The number of amides is 1. The van der Waals surface area contributed by atoms with Gasteiger partial charge in [0.25, 0.3) is 0 Å². The van der Waals surface area contributed by atoms with Crippen LogP contribution in [0.3, 0.4) is 0 Å². The number of benzene rings is 1. The highest BCUT2D eigenvalue weighted by Crippen LogP contribution is 2.27. The highest BCUT2D eigenvalue weighted by Gasteiger charge is 2.21. The van der Waals surface area contributed by atoms with Crippen molar-refractivity contribution in [2.45, 2.75) is 18.7 Å². The van der Waals surface area contributed by atoms with Gasteiger partial charge in [0.1, 0.15) is 4.90 Å². The first-order valence-corrected chi connectivity index (χ1v) is 7.61. The summed E-state index contributed by atoms with van der Waals surface area (Å²) < 4.78 is 23.3. The standard InChI is InChI=1S/C12H20N4O3S/c1-8(2)6-16(7-12(14)17)10-4-3-9(13)5-11(10)20(15,18)19/h3-5,8H,6-7,13H2,1-2H3,(H2,14,17)(H2,15,18,19). The van der Waals surface area contributed by atoms with Gasteiger partial charge in [-0.25, -0.2) is 13.6 Å². The first-order chi connectivity index (χ1) is 9.11. The van der Waals surface area contributed by atoms with Crippen LogP contribution in [0.15, 0.2) is 23.1 Å². The Morgan fingerprint density at radius 3 is 2.40 bits per heavy atom. The van der Waals surface area contributed by atoms with Gasteiger partial charge in [0.05, 0.1) is 12.2 Å². The molecular weight excluding hydrogens is 280 g/mol. The number of nitrogen functional groups attached to an aromatic ring is 1. The molecule has 0 atom stereocenters. The number of rotatable bonds is 6. The van der Waals surface area contributed by atoms with Crippen LogP contribution in [0.25, 0.3) is 0 Å². The molecule has 1 rings (SSSR count). The number of anilines is 2. The van der Waals surface area contributed by atoms with Gasteiger partial charge in [-0.15, -0.1) is 0 Å². The summed E-state index contributed by atoms with van der Waals surface area (Å²) in [7, 11) is -3.95.